The molecule has 0 saturated heterocycles. The van der Waals surface area contributed by atoms with Gasteiger partial charge in [0.2, 0.25) is 5.91 Å². The molecule has 0 aliphatic heterocycles. The van der Waals surface area contributed by atoms with Crippen LogP contribution >= 0.6 is 12.4 Å². The van der Waals surface area contributed by atoms with Crippen LogP contribution in [0.15, 0.2) is 60.7 Å². The van der Waals surface area contributed by atoms with E-state index in [4.69, 9.17) is 5.73 Å². The number of amides is 1. The second kappa shape index (κ2) is 8.14. The molecular weight excluding hydrogens is 308 g/mol. The second-order valence-corrected chi connectivity index (χ2v) is 6.02. The van der Waals surface area contributed by atoms with E-state index in [-0.39, 0.29) is 24.4 Å². The van der Waals surface area contributed by atoms with Gasteiger partial charge in [-0.15, -0.1) is 12.4 Å². The molecule has 0 saturated carbocycles. The van der Waals surface area contributed by atoms with Gasteiger partial charge in [-0.2, -0.15) is 0 Å². The first kappa shape index (κ1) is 19.2. The second-order valence-electron chi connectivity index (χ2n) is 6.02. The number of hydrogen-bond donors (Lipinski definition) is 1. The third-order valence-electron chi connectivity index (χ3n) is 4.44. The number of nitrogens with zero attached hydrogens (tertiary/aromatic N) is 1. The van der Waals surface area contributed by atoms with Crippen LogP contribution in [0.1, 0.15) is 24.5 Å². The zero-order valence-electron chi connectivity index (χ0n) is 13.9. The first-order valence-electron chi connectivity index (χ1n) is 7.56. The molecule has 2 rings (SSSR count). The molecule has 1 atom stereocenters. The molecule has 23 heavy (non-hydrogen) atoms. The minimum atomic E-state index is -0.813. The first-order valence-corrected chi connectivity index (χ1v) is 7.56. The molecule has 0 aliphatic carbocycles. The van der Waals surface area contributed by atoms with Crippen molar-refractivity contribution >= 4 is 18.3 Å². The van der Waals surface area contributed by atoms with Crippen molar-refractivity contribution in [2.45, 2.75) is 24.8 Å². The number of nitrogens with two attached hydrogens (primary N) is 1. The van der Waals surface area contributed by atoms with Crippen LogP contribution < -0.4 is 5.73 Å². The van der Waals surface area contributed by atoms with E-state index < -0.39 is 5.41 Å². The monoisotopic (exact) mass is 332 g/mol. The van der Waals surface area contributed by atoms with Crippen molar-refractivity contribution in [3.63, 3.8) is 0 Å². The minimum Gasteiger partial charge on any atom is -0.369 e. The van der Waals surface area contributed by atoms with Crippen molar-refractivity contribution in [1.82, 2.24) is 4.90 Å². The molecule has 0 radical (unpaired) electrons. The van der Waals surface area contributed by atoms with Crippen LogP contribution in [0.2, 0.25) is 0 Å². The number of halogens is 1. The summed E-state index contributed by atoms with van der Waals surface area (Å²) in [5.41, 5.74) is 7.01. The van der Waals surface area contributed by atoms with Gasteiger partial charge < -0.3 is 10.6 Å². The highest BCUT2D eigenvalue weighted by molar-refractivity contribution is 5.90. The molecule has 0 fully saturated rings. The number of carbonyl (C=O) groups is 1. The van der Waals surface area contributed by atoms with Crippen molar-refractivity contribution in [2.24, 2.45) is 5.73 Å². The molecule has 2 aromatic rings. The van der Waals surface area contributed by atoms with Crippen LogP contribution in [-0.2, 0) is 10.2 Å². The maximum atomic E-state index is 12.6. The fourth-order valence-corrected chi connectivity index (χ4v) is 2.86. The molecule has 0 heterocycles. The highest BCUT2D eigenvalue weighted by atomic mass is 35.5. The van der Waals surface area contributed by atoms with Crippen molar-refractivity contribution in [1.29, 1.82) is 0 Å². The Labute approximate surface area is 144 Å². The SMILES string of the molecule is CC(CC(C(N)=O)(c1ccccc1)c1ccccc1)N(C)C.Cl. The van der Waals surface area contributed by atoms with Gasteiger partial charge in [0.1, 0.15) is 5.41 Å². The number of carbonyl (C=O) groups excluding carboxylic acids is 1. The third-order valence-corrected chi connectivity index (χ3v) is 4.44. The molecule has 2 aromatic carbocycles. The summed E-state index contributed by atoms with van der Waals surface area (Å²) in [5.74, 6) is -0.307. The van der Waals surface area contributed by atoms with E-state index in [1.807, 2.05) is 74.8 Å². The predicted molar refractivity (Wildman–Crippen MR) is 97.9 cm³/mol. The summed E-state index contributed by atoms with van der Waals surface area (Å²) in [6.07, 6.45) is 0.642. The summed E-state index contributed by atoms with van der Waals surface area (Å²) in [5, 5.41) is 0. The maximum Gasteiger partial charge on any atom is 0.232 e. The molecule has 1 amide bonds. The number of benzene rings is 2. The zero-order chi connectivity index (χ0) is 16.2. The summed E-state index contributed by atoms with van der Waals surface area (Å²) >= 11 is 0. The zero-order valence-corrected chi connectivity index (χ0v) is 14.7. The Balaban J connectivity index is 0.00000264. The molecule has 0 aliphatic rings. The summed E-state index contributed by atoms with van der Waals surface area (Å²) in [4.78, 5) is 14.7. The van der Waals surface area contributed by atoms with Crippen molar-refractivity contribution in [2.75, 3.05) is 14.1 Å². The molecule has 2 N–H and O–H groups in total. The number of rotatable bonds is 6. The van der Waals surface area contributed by atoms with Crippen molar-refractivity contribution in [3.8, 4) is 0 Å². The lowest BCUT2D eigenvalue weighted by molar-refractivity contribution is -0.122. The van der Waals surface area contributed by atoms with Crippen LogP contribution in [0.4, 0.5) is 0 Å². The smallest absolute Gasteiger partial charge is 0.232 e. The van der Waals surface area contributed by atoms with Gasteiger partial charge in [0.25, 0.3) is 0 Å². The Morgan fingerprint density at radius 3 is 1.70 bits per heavy atom. The number of primary amides is 1. The average molecular weight is 333 g/mol. The van der Waals surface area contributed by atoms with Gasteiger partial charge in [-0.3, -0.25) is 4.79 Å². The number of hydrogen-bond acceptors (Lipinski definition) is 2. The Morgan fingerprint density at radius 2 is 1.39 bits per heavy atom. The highest BCUT2D eigenvalue weighted by Crippen LogP contribution is 2.37. The van der Waals surface area contributed by atoms with Gasteiger partial charge in [0.05, 0.1) is 0 Å². The Kier molecular flexibility index (Phi) is 6.79. The normalized spacial score (nSPS) is 12.5. The van der Waals surface area contributed by atoms with Crippen LogP contribution in [0.5, 0.6) is 0 Å². The van der Waals surface area contributed by atoms with Gasteiger partial charge in [0, 0.05) is 6.04 Å². The summed E-state index contributed by atoms with van der Waals surface area (Å²) in [6.45, 7) is 2.11. The van der Waals surface area contributed by atoms with Gasteiger partial charge in [0.15, 0.2) is 0 Å². The minimum absolute atomic E-state index is 0. The lowest BCUT2D eigenvalue weighted by atomic mass is 9.69. The van der Waals surface area contributed by atoms with Gasteiger partial charge in [-0.25, -0.2) is 0 Å². The van der Waals surface area contributed by atoms with Gasteiger partial charge >= 0.3 is 0 Å². The third kappa shape index (κ3) is 3.92. The van der Waals surface area contributed by atoms with Gasteiger partial charge in [-0.05, 0) is 38.6 Å². The first-order chi connectivity index (χ1) is 10.5. The highest BCUT2D eigenvalue weighted by Gasteiger charge is 2.41. The molecule has 3 nitrogen and oxygen atoms in total. The Hall–Kier alpha value is -1.84. The van der Waals surface area contributed by atoms with E-state index in [0.717, 1.165) is 11.1 Å². The van der Waals surface area contributed by atoms with Crippen molar-refractivity contribution < 1.29 is 4.79 Å². The molecule has 0 spiro atoms. The van der Waals surface area contributed by atoms with Crippen LogP contribution in [0.3, 0.4) is 0 Å². The fraction of sp³-hybridized carbons (Fsp3) is 0.316. The van der Waals surface area contributed by atoms with Crippen LogP contribution in [0, 0.1) is 0 Å². The standard InChI is InChI=1S/C19H24N2O.ClH/c1-15(21(2)3)14-19(18(20)22,16-10-6-4-7-11-16)17-12-8-5-9-13-17;/h4-13,15H,14H2,1-3H3,(H2,20,22);1H. The molecule has 4 heteroatoms. The van der Waals surface area contributed by atoms with E-state index >= 15 is 0 Å². The fourth-order valence-electron chi connectivity index (χ4n) is 2.86. The Morgan fingerprint density at radius 1 is 1.00 bits per heavy atom. The maximum absolute atomic E-state index is 12.6. The molecule has 124 valence electrons. The average Bonchev–Trinajstić information content (AvgIpc) is 2.53. The van der Waals surface area contributed by atoms with E-state index in [9.17, 15) is 4.79 Å². The summed E-state index contributed by atoms with van der Waals surface area (Å²) < 4.78 is 0. The lowest BCUT2D eigenvalue weighted by Crippen LogP contribution is -2.46. The van der Waals surface area contributed by atoms with Crippen LogP contribution in [0.25, 0.3) is 0 Å². The Bertz CT molecular complexity index is 574. The van der Waals surface area contributed by atoms with Gasteiger partial charge in [-0.1, -0.05) is 60.7 Å². The largest absolute Gasteiger partial charge is 0.369 e. The molecule has 0 aromatic heterocycles. The molecule has 1 unspecified atom stereocenters. The van der Waals surface area contributed by atoms with Crippen molar-refractivity contribution in [3.05, 3.63) is 71.8 Å². The summed E-state index contributed by atoms with van der Waals surface area (Å²) in [6, 6.07) is 19.9. The quantitative estimate of drug-likeness (QED) is 0.882. The molecular formula is C19H25ClN2O. The summed E-state index contributed by atoms with van der Waals surface area (Å²) in [7, 11) is 4.04. The van der Waals surface area contributed by atoms with E-state index in [1.54, 1.807) is 0 Å². The van der Waals surface area contributed by atoms with E-state index in [1.165, 1.54) is 0 Å². The van der Waals surface area contributed by atoms with E-state index in [0.29, 0.717) is 6.42 Å². The van der Waals surface area contributed by atoms with Crippen LogP contribution in [-0.4, -0.2) is 30.9 Å². The lowest BCUT2D eigenvalue weighted by Gasteiger charge is -2.36. The van der Waals surface area contributed by atoms with E-state index in [2.05, 4.69) is 11.8 Å². The topological polar surface area (TPSA) is 46.3 Å². The molecule has 0 bridgehead atoms. The predicted octanol–water partition coefficient (Wildman–Crippen LogP) is 3.22.